The maximum absolute atomic E-state index is 4.15. The van der Waals surface area contributed by atoms with Gasteiger partial charge in [0.2, 0.25) is 0 Å². The van der Waals surface area contributed by atoms with Crippen LogP contribution in [-0.4, -0.2) is 64.7 Å². The van der Waals surface area contributed by atoms with E-state index in [2.05, 4.69) is 74.7 Å². The van der Waals surface area contributed by atoms with Crippen molar-refractivity contribution >= 4 is 0 Å². The molecule has 5 heterocycles. The lowest BCUT2D eigenvalue weighted by Gasteiger charge is -2.56. The molecule has 0 spiro atoms. The Kier molecular flexibility index (Phi) is 4.48. The molecule has 154 valence electrons. The van der Waals surface area contributed by atoms with E-state index in [9.17, 15) is 0 Å². The highest BCUT2D eigenvalue weighted by Crippen LogP contribution is 2.43. The summed E-state index contributed by atoms with van der Waals surface area (Å²) >= 11 is 0. The Labute approximate surface area is 178 Å². The summed E-state index contributed by atoms with van der Waals surface area (Å²) in [4.78, 5) is 9.57. The van der Waals surface area contributed by atoms with Crippen molar-refractivity contribution in [2.45, 2.75) is 18.0 Å². The van der Waals surface area contributed by atoms with E-state index in [4.69, 9.17) is 0 Å². The second-order valence-electron chi connectivity index (χ2n) is 9.25. The van der Waals surface area contributed by atoms with Crippen LogP contribution in [0.2, 0.25) is 0 Å². The standard InChI is InChI=1S/C25H29N5/c1-2-4-22(5-3-1)25-17-28-12-13-29(18-25)16-21(15-28)24(25)27-14-20-6-8-23(9-7-20)30-11-10-26-19-30/h1-11,19,21,24,27H,12-18H2. The van der Waals surface area contributed by atoms with Gasteiger partial charge in [0, 0.05) is 81.3 Å². The van der Waals surface area contributed by atoms with E-state index >= 15 is 0 Å². The van der Waals surface area contributed by atoms with Gasteiger partial charge in [-0.3, -0.25) is 0 Å². The molecule has 0 aliphatic carbocycles. The van der Waals surface area contributed by atoms with Crippen molar-refractivity contribution in [3.05, 3.63) is 84.4 Å². The Balaban J connectivity index is 1.26. The van der Waals surface area contributed by atoms with Crippen LogP contribution in [0.15, 0.2) is 73.3 Å². The summed E-state index contributed by atoms with van der Waals surface area (Å²) in [7, 11) is 0. The molecule has 5 heteroatoms. The molecule has 3 unspecified atom stereocenters. The van der Waals surface area contributed by atoms with Gasteiger partial charge in [0.1, 0.15) is 0 Å². The maximum Gasteiger partial charge on any atom is 0.0991 e. The second-order valence-corrected chi connectivity index (χ2v) is 9.25. The Bertz CT molecular complexity index is 966. The van der Waals surface area contributed by atoms with Gasteiger partial charge in [-0.15, -0.1) is 0 Å². The monoisotopic (exact) mass is 399 g/mol. The summed E-state index contributed by atoms with van der Waals surface area (Å²) < 4.78 is 2.05. The van der Waals surface area contributed by atoms with Gasteiger partial charge in [-0.2, -0.15) is 0 Å². The van der Waals surface area contributed by atoms with E-state index in [1.54, 1.807) is 0 Å². The molecule has 1 N–H and O–H groups in total. The molecule has 4 bridgehead atoms. The van der Waals surface area contributed by atoms with Crippen molar-refractivity contribution in [2.75, 3.05) is 39.3 Å². The van der Waals surface area contributed by atoms with Crippen molar-refractivity contribution in [2.24, 2.45) is 5.92 Å². The average Bonchev–Trinajstić information content (AvgIpc) is 3.21. The molecule has 5 nitrogen and oxygen atoms in total. The third-order valence-electron chi connectivity index (χ3n) is 7.41. The number of piperidine rings is 2. The van der Waals surface area contributed by atoms with Crippen LogP contribution in [0.1, 0.15) is 11.1 Å². The second kappa shape index (κ2) is 7.34. The highest BCUT2D eigenvalue weighted by Gasteiger charge is 2.54. The van der Waals surface area contributed by atoms with E-state index < -0.39 is 0 Å². The van der Waals surface area contributed by atoms with Gasteiger partial charge in [-0.25, -0.2) is 4.98 Å². The van der Waals surface area contributed by atoms with E-state index in [0.29, 0.717) is 12.0 Å². The average molecular weight is 400 g/mol. The molecule has 4 aliphatic heterocycles. The van der Waals surface area contributed by atoms with Crippen LogP contribution in [-0.2, 0) is 12.0 Å². The van der Waals surface area contributed by atoms with Gasteiger partial charge in [0.25, 0.3) is 0 Å². The number of nitrogens with zero attached hydrogens (tertiary/aromatic N) is 4. The predicted molar refractivity (Wildman–Crippen MR) is 119 cm³/mol. The van der Waals surface area contributed by atoms with Crippen LogP contribution < -0.4 is 5.32 Å². The minimum atomic E-state index is 0.176. The number of aromatic nitrogens is 2. The van der Waals surface area contributed by atoms with Crippen LogP contribution in [0.4, 0.5) is 0 Å². The summed E-state index contributed by atoms with van der Waals surface area (Å²) in [6.07, 6.45) is 5.65. The van der Waals surface area contributed by atoms with E-state index in [1.165, 1.54) is 50.4 Å². The van der Waals surface area contributed by atoms with Crippen molar-refractivity contribution in [1.82, 2.24) is 24.7 Å². The summed E-state index contributed by atoms with van der Waals surface area (Å²) in [5.41, 5.74) is 4.17. The third kappa shape index (κ3) is 3.09. The lowest BCUT2D eigenvalue weighted by atomic mass is 9.64. The lowest BCUT2D eigenvalue weighted by Crippen LogP contribution is -2.69. The van der Waals surface area contributed by atoms with E-state index in [-0.39, 0.29) is 5.41 Å². The third-order valence-corrected chi connectivity index (χ3v) is 7.41. The van der Waals surface area contributed by atoms with Gasteiger partial charge in [-0.1, -0.05) is 42.5 Å². The first-order valence-corrected chi connectivity index (χ1v) is 11.1. The SMILES string of the molecule is c1ccc(C23CN4CCN(CC(C4)C2NCc2ccc(-n4ccnc4)cc2)C3)cc1. The van der Waals surface area contributed by atoms with Gasteiger partial charge in [0.05, 0.1) is 6.33 Å². The number of fused-ring (bicyclic) bond motifs is 1. The maximum atomic E-state index is 4.15. The topological polar surface area (TPSA) is 36.3 Å². The first-order chi connectivity index (χ1) is 14.8. The van der Waals surface area contributed by atoms with E-state index in [0.717, 1.165) is 12.2 Å². The number of hydrogen-bond acceptors (Lipinski definition) is 4. The Morgan fingerprint density at radius 1 is 0.933 bits per heavy atom. The molecule has 0 amide bonds. The number of rotatable bonds is 5. The molecule has 4 aliphatic rings. The van der Waals surface area contributed by atoms with Crippen LogP contribution in [0.3, 0.4) is 0 Å². The minimum absolute atomic E-state index is 0.176. The van der Waals surface area contributed by atoms with E-state index in [1.807, 2.05) is 23.3 Å². The van der Waals surface area contributed by atoms with Gasteiger partial charge < -0.3 is 19.7 Å². The molecule has 0 radical (unpaired) electrons. The van der Waals surface area contributed by atoms with Crippen LogP contribution in [0.25, 0.3) is 5.69 Å². The number of imidazole rings is 1. The number of benzene rings is 2. The van der Waals surface area contributed by atoms with Crippen LogP contribution in [0.5, 0.6) is 0 Å². The molecule has 30 heavy (non-hydrogen) atoms. The molecular weight excluding hydrogens is 370 g/mol. The summed E-state index contributed by atoms with van der Waals surface area (Å²) in [6.45, 7) is 8.13. The quantitative estimate of drug-likeness (QED) is 0.715. The molecule has 4 saturated heterocycles. The molecule has 7 rings (SSSR count). The summed E-state index contributed by atoms with van der Waals surface area (Å²) in [5.74, 6) is 0.681. The molecule has 2 aromatic carbocycles. The predicted octanol–water partition coefficient (Wildman–Crippen LogP) is 2.53. The first kappa shape index (κ1) is 18.3. The molecule has 4 fully saturated rings. The fourth-order valence-electron chi connectivity index (χ4n) is 6.10. The van der Waals surface area contributed by atoms with Gasteiger partial charge >= 0.3 is 0 Å². The normalized spacial score (nSPS) is 32.3. The van der Waals surface area contributed by atoms with Gasteiger partial charge in [-0.05, 0) is 23.3 Å². The largest absolute Gasteiger partial charge is 0.309 e. The molecule has 0 saturated carbocycles. The fraction of sp³-hybridized carbons (Fsp3) is 0.400. The summed E-state index contributed by atoms with van der Waals surface area (Å²) in [5, 5.41) is 4.03. The smallest absolute Gasteiger partial charge is 0.0991 e. The molecular formula is C25H29N5. The zero-order chi connectivity index (χ0) is 20.0. The molecule has 1 aromatic heterocycles. The fourth-order valence-corrected chi connectivity index (χ4v) is 6.10. The molecule has 3 atom stereocenters. The van der Waals surface area contributed by atoms with Crippen molar-refractivity contribution in [1.29, 1.82) is 0 Å². The van der Waals surface area contributed by atoms with Crippen molar-refractivity contribution in [3.63, 3.8) is 0 Å². The highest BCUT2D eigenvalue weighted by atomic mass is 15.3. The number of nitrogens with one attached hydrogen (secondary N) is 1. The zero-order valence-electron chi connectivity index (χ0n) is 17.3. The van der Waals surface area contributed by atoms with Crippen molar-refractivity contribution < 1.29 is 0 Å². The zero-order valence-corrected chi connectivity index (χ0v) is 17.3. The summed E-state index contributed by atoms with van der Waals surface area (Å²) in [6, 6.07) is 20.6. The minimum Gasteiger partial charge on any atom is -0.309 e. The van der Waals surface area contributed by atoms with Gasteiger partial charge in [0.15, 0.2) is 0 Å². The molecule has 3 aromatic rings. The van der Waals surface area contributed by atoms with Crippen molar-refractivity contribution in [3.8, 4) is 5.69 Å². The van der Waals surface area contributed by atoms with Crippen LogP contribution >= 0.6 is 0 Å². The number of hydrogen-bond donors (Lipinski definition) is 1. The highest BCUT2D eigenvalue weighted by molar-refractivity contribution is 5.36. The first-order valence-electron chi connectivity index (χ1n) is 11.1. The Hall–Kier alpha value is -2.47. The van der Waals surface area contributed by atoms with Crippen LogP contribution in [0, 0.1) is 5.92 Å². The lowest BCUT2D eigenvalue weighted by molar-refractivity contribution is 0.0175. The Morgan fingerprint density at radius 2 is 1.67 bits per heavy atom. The Morgan fingerprint density at radius 3 is 2.33 bits per heavy atom.